The molecule has 1 atom stereocenters. The van der Waals surface area contributed by atoms with Gasteiger partial charge in [-0.2, -0.15) is 9.37 Å². The minimum Gasteiger partial charge on any atom is -0.366 e. The quantitative estimate of drug-likeness (QED) is 0.301. The van der Waals surface area contributed by atoms with Gasteiger partial charge in [-0.3, -0.25) is 4.98 Å². The molecule has 1 saturated heterocycles. The van der Waals surface area contributed by atoms with Crippen LogP contribution < -0.4 is 16.0 Å². The Hall–Kier alpha value is -4.31. The molecular weight excluding hydrogens is 486 g/mol. The summed E-state index contributed by atoms with van der Waals surface area (Å²) in [4.78, 5) is 22.1. The molecule has 38 heavy (non-hydrogen) atoms. The van der Waals surface area contributed by atoms with Crippen molar-refractivity contribution >= 4 is 33.9 Å². The summed E-state index contributed by atoms with van der Waals surface area (Å²) in [7, 11) is 0. The number of nitrogens with zero attached hydrogens (tertiary/aromatic N) is 5. The van der Waals surface area contributed by atoms with E-state index in [1.54, 1.807) is 24.5 Å². The average Bonchev–Trinajstić information content (AvgIpc) is 2.86. The molecule has 0 unspecified atom stereocenters. The molecule has 2 aliphatic rings. The highest BCUT2D eigenvalue weighted by molar-refractivity contribution is 6.02. The number of nitrogens with one attached hydrogen (secondary N) is 3. The second-order valence-corrected chi connectivity index (χ2v) is 10.1. The van der Waals surface area contributed by atoms with Crippen LogP contribution in [0.5, 0.6) is 0 Å². The van der Waals surface area contributed by atoms with Crippen LogP contribution in [-0.2, 0) is 0 Å². The third-order valence-electron chi connectivity index (χ3n) is 6.99. The van der Waals surface area contributed by atoms with Gasteiger partial charge in [-0.25, -0.2) is 19.3 Å². The van der Waals surface area contributed by atoms with Gasteiger partial charge in [0.25, 0.3) is 0 Å². The smallest absolute Gasteiger partial charge is 0.214 e. The maximum absolute atomic E-state index is 14.2. The Kier molecular flexibility index (Phi) is 6.03. The van der Waals surface area contributed by atoms with Crippen molar-refractivity contribution in [3.05, 3.63) is 78.4 Å². The Balaban J connectivity index is 1.43. The first kappa shape index (κ1) is 24.1. The number of pyridine rings is 3. The van der Waals surface area contributed by atoms with Crippen molar-refractivity contribution in [3.8, 4) is 11.4 Å². The van der Waals surface area contributed by atoms with Crippen LogP contribution in [0.3, 0.4) is 0 Å². The first-order valence-electron chi connectivity index (χ1n) is 12.4. The van der Waals surface area contributed by atoms with Crippen LogP contribution in [0.4, 0.5) is 26.2 Å². The lowest BCUT2D eigenvalue weighted by Crippen LogP contribution is -2.49. The monoisotopic (exact) mass is 512 g/mol. The van der Waals surface area contributed by atoms with E-state index >= 15 is 0 Å². The molecule has 192 valence electrons. The van der Waals surface area contributed by atoms with E-state index < -0.39 is 11.8 Å². The first-order valence-corrected chi connectivity index (χ1v) is 12.4. The summed E-state index contributed by atoms with van der Waals surface area (Å²) in [6, 6.07) is 5.62. The predicted octanol–water partition coefficient (Wildman–Crippen LogP) is 5.26. The fourth-order valence-corrected chi connectivity index (χ4v) is 4.78. The molecule has 0 bridgehead atoms. The number of anilines is 3. The Bertz CT molecular complexity index is 1600. The number of aromatic nitrogens is 5. The fourth-order valence-electron chi connectivity index (χ4n) is 4.78. The van der Waals surface area contributed by atoms with Crippen LogP contribution in [-0.4, -0.2) is 44.1 Å². The summed E-state index contributed by atoms with van der Waals surface area (Å²) >= 11 is 0. The van der Waals surface area contributed by atoms with Crippen molar-refractivity contribution in [2.24, 2.45) is 5.41 Å². The average molecular weight is 513 g/mol. The van der Waals surface area contributed by atoms with Crippen molar-refractivity contribution in [1.82, 2.24) is 30.2 Å². The van der Waals surface area contributed by atoms with E-state index in [-0.39, 0.29) is 23.1 Å². The maximum atomic E-state index is 14.2. The highest BCUT2D eigenvalue weighted by atomic mass is 19.1. The van der Waals surface area contributed by atoms with Gasteiger partial charge in [-0.1, -0.05) is 32.1 Å². The fraction of sp³-hybridized carbons (Fsp3) is 0.250. The van der Waals surface area contributed by atoms with Crippen LogP contribution in [0.15, 0.2) is 61.1 Å². The van der Waals surface area contributed by atoms with Gasteiger partial charge in [-0.05, 0) is 48.2 Å². The number of halogens is 2. The van der Waals surface area contributed by atoms with Gasteiger partial charge in [0, 0.05) is 36.1 Å². The van der Waals surface area contributed by atoms with Gasteiger partial charge >= 0.3 is 0 Å². The van der Waals surface area contributed by atoms with Crippen molar-refractivity contribution in [3.63, 3.8) is 0 Å². The minimum absolute atomic E-state index is 0.00824. The maximum Gasteiger partial charge on any atom is 0.214 e. The number of fused-ring (bicyclic) bond motifs is 1. The summed E-state index contributed by atoms with van der Waals surface area (Å²) in [5.41, 5.74) is 3.41. The lowest BCUT2D eigenvalue weighted by Gasteiger charge is -2.40. The van der Waals surface area contributed by atoms with Gasteiger partial charge in [0.15, 0.2) is 17.5 Å². The summed E-state index contributed by atoms with van der Waals surface area (Å²) in [6.45, 7) is 6.29. The van der Waals surface area contributed by atoms with E-state index in [0.717, 1.165) is 54.0 Å². The van der Waals surface area contributed by atoms with Gasteiger partial charge in [0.1, 0.15) is 11.6 Å². The molecule has 1 aliphatic heterocycles. The molecule has 0 aromatic carbocycles. The standard InChI is InChI=1S/C28H26F2N8/c1-28(2)15-31-10-9-21(28)35-27-24-18(16-4-3-5-16)13-32-14-20(24)34-25(38-27)17-8-11-33-23(12-17)37-26-19(29)6-7-22(30)36-26/h3-8,11-14,21,31H,9-10,15H2,1-2H3,(H,33,36,37)(H,34,35,38)/t21-/m0/s1. The highest BCUT2D eigenvalue weighted by Gasteiger charge is 2.33. The molecule has 6 rings (SSSR count). The van der Waals surface area contributed by atoms with Gasteiger partial charge in [0.2, 0.25) is 5.95 Å². The highest BCUT2D eigenvalue weighted by Crippen LogP contribution is 2.36. The molecule has 10 heteroatoms. The predicted molar refractivity (Wildman–Crippen MR) is 144 cm³/mol. The molecule has 5 heterocycles. The molecular formula is C28H26F2N8. The summed E-state index contributed by atoms with van der Waals surface area (Å²) in [5, 5.41) is 10.9. The molecule has 0 radical (unpaired) electrons. The van der Waals surface area contributed by atoms with Gasteiger partial charge in [0.05, 0.1) is 17.1 Å². The second-order valence-electron chi connectivity index (χ2n) is 10.1. The van der Waals surface area contributed by atoms with E-state index in [1.807, 2.05) is 24.4 Å². The van der Waals surface area contributed by atoms with E-state index in [1.165, 1.54) is 0 Å². The molecule has 3 N–H and O–H groups in total. The van der Waals surface area contributed by atoms with E-state index in [0.29, 0.717) is 16.9 Å². The lowest BCUT2D eigenvalue weighted by atomic mass is 9.80. The Morgan fingerprint density at radius 1 is 1.05 bits per heavy atom. The number of rotatable bonds is 6. The van der Waals surface area contributed by atoms with Crippen molar-refractivity contribution in [2.45, 2.75) is 26.3 Å². The molecule has 0 amide bonds. The molecule has 0 spiro atoms. The Morgan fingerprint density at radius 3 is 2.71 bits per heavy atom. The van der Waals surface area contributed by atoms with Crippen molar-refractivity contribution in [1.29, 1.82) is 0 Å². The molecule has 8 nitrogen and oxygen atoms in total. The van der Waals surface area contributed by atoms with Crippen LogP contribution in [0, 0.1) is 17.2 Å². The van der Waals surface area contributed by atoms with Gasteiger partial charge in [-0.15, -0.1) is 0 Å². The molecule has 4 aromatic heterocycles. The molecule has 1 aliphatic carbocycles. The number of piperidine rings is 1. The van der Waals surface area contributed by atoms with Crippen molar-refractivity contribution < 1.29 is 8.78 Å². The second kappa shape index (κ2) is 9.53. The van der Waals surface area contributed by atoms with E-state index in [4.69, 9.17) is 9.97 Å². The van der Waals surface area contributed by atoms with E-state index in [2.05, 4.69) is 44.7 Å². The lowest BCUT2D eigenvalue weighted by molar-refractivity contribution is 0.236. The van der Waals surface area contributed by atoms with Crippen LogP contribution in [0.25, 0.3) is 27.9 Å². The minimum atomic E-state index is -0.792. The first-order chi connectivity index (χ1) is 18.4. The van der Waals surface area contributed by atoms with Crippen LogP contribution >= 0.6 is 0 Å². The topological polar surface area (TPSA) is 101 Å². The zero-order chi connectivity index (χ0) is 26.3. The normalized spacial score (nSPS) is 18.1. The zero-order valence-electron chi connectivity index (χ0n) is 21.0. The number of hydrogen-bond acceptors (Lipinski definition) is 8. The van der Waals surface area contributed by atoms with Crippen molar-refractivity contribution in [2.75, 3.05) is 23.7 Å². The summed E-state index contributed by atoms with van der Waals surface area (Å²) < 4.78 is 27.7. The largest absolute Gasteiger partial charge is 0.366 e. The summed E-state index contributed by atoms with van der Waals surface area (Å²) in [5.74, 6) is -0.252. The van der Waals surface area contributed by atoms with Crippen LogP contribution in [0.1, 0.15) is 25.8 Å². The zero-order valence-corrected chi connectivity index (χ0v) is 21.0. The Morgan fingerprint density at radius 2 is 1.92 bits per heavy atom. The number of allylic oxidation sites excluding steroid dienone is 4. The van der Waals surface area contributed by atoms with E-state index in [9.17, 15) is 8.78 Å². The molecule has 1 fully saturated rings. The summed E-state index contributed by atoms with van der Waals surface area (Å²) in [6.07, 6.45) is 12.2. The van der Waals surface area contributed by atoms with Crippen LogP contribution in [0.2, 0.25) is 0 Å². The third-order valence-corrected chi connectivity index (χ3v) is 6.99. The number of hydrogen-bond donors (Lipinski definition) is 3. The molecule has 0 saturated carbocycles. The third kappa shape index (κ3) is 4.58. The van der Waals surface area contributed by atoms with Gasteiger partial charge < -0.3 is 16.0 Å². The SMILES string of the molecule is CC1(C)CNCC[C@@H]1Nc1nc(-c2ccnc(Nc3nc(F)ccc3F)c2)nc2cncc(C3=CC=C3)c12. The Labute approximate surface area is 218 Å². The molecule has 4 aromatic rings.